The Bertz CT molecular complexity index is 854. The topological polar surface area (TPSA) is 96.4 Å². The molecular formula is C26H38N2O6. The maximum atomic E-state index is 13.9. The molecule has 8 heteroatoms. The number of carbonyl (C=O) groups is 3. The van der Waals surface area contributed by atoms with Crippen molar-refractivity contribution in [2.45, 2.75) is 89.2 Å². The van der Waals surface area contributed by atoms with Crippen molar-refractivity contribution in [2.75, 3.05) is 19.7 Å². The largest absolute Gasteiger partial charge is 0.462 e. The summed E-state index contributed by atoms with van der Waals surface area (Å²) in [6, 6.07) is -0.838. The van der Waals surface area contributed by atoms with Gasteiger partial charge in [-0.25, -0.2) is 0 Å². The molecule has 0 aromatic rings. The molecule has 4 aliphatic rings. The minimum atomic E-state index is -1.19. The average Bonchev–Trinajstić information content (AvgIpc) is 3.18. The highest BCUT2D eigenvalue weighted by Crippen LogP contribution is 2.53. The number of allylic oxidation sites excluding steroid dienone is 1. The molecule has 188 valence electrons. The van der Waals surface area contributed by atoms with Crippen LogP contribution in [0.15, 0.2) is 24.3 Å². The van der Waals surface area contributed by atoms with Crippen LogP contribution in [0.2, 0.25) is 0 Å². The number of unbranched alkanes of at least 4 members (excludes halogenated alkanes) is 3. The third-order valence-corrected chi connectivity index (χ3v) is 7.61. The van der Waals surface area contributed by atoms with Gasteiger partial charge in [0.25, 0.3) is 0 Å². The van der Waals surface area contributed by atoms with Gasteiger partial charge in [0.05, 0.1) is 18.1 Å². The Morgan fingerprint density at radius 1 is 1.12 bits per heavy atom. The Hall–Kier alpha value is -2.19. The lowest BCUT2D eigenvalue weighted by atomic mass is 9.78. The van der Waals surface area contributed by atoms with Crippen molar-refractivity contribution in [1.82, 2.24) is 9.80 Å². The minimum Gasteiger partial charge on any atom is -0.462 e. The van der Waals surface area contributed by atoms with Gasteiger partial charge >= 0.3 is 5.97 Å². The summed E-state index contributed by atoms with van der Waals surface area (Å²) in [6.45, 7) is 6.80. The molecular weight excluding hydrogens is 436 g/mol. The fraction of sp³-hybridized carbons (Fsp3) is 0.731. The highest BCUT2D eigenvalue weighted by atomic mass is 16.6. The van der Waals surface area contributed by atoms with Crippen molar-refractivity contribution in [1.29, 1.82) is 0 Å². The molecule has 2 saturated heterocycles. The van der Waals surface area contributed by atoms with E-state index in [4.69, 9.17) is 14.6 Å². The first-order chi connectivity index (χ1) is 16.3. The zero-order valence-electron chi connectivity index (χ0n) is 20.5. The molecule has 2 amide bonds. The van der Waals surface area contributed by atoms with Gasteiger partial charge in [-0.15, -0.1) is 0 Å². The number of cyclic esters (lactones) is 1. The third-order valence-electron chi connectivity index (χ3n) is 7.61. The molecule has 3 unspecified atom stereocenters. The van der Waals surface area contributed by atoms with Gasteiger partial charge in [0.1, 0.15) is 17.6 Å². The van der Waals surface area contributed by atoms with Crippen LogP contribution in [0.4, 0.5) is 0 Å². The molecule has 6 atom stereocenters. The number of aliphatic hydroxyl groups is 1. The number of hydrogen-bond donors (Lipinski definition) is 1. The zero-order chi connectivity index (χ0) is 24.5. The number of esters is 1. The molecule has 0 saturated carbocycles. The van der Waals surface area contributed by atoms with E-state index in [1.54, 1.807) is 9.80 Å². The molecule has 1 N–H and O–H groups in total. The maximum absolute atomic E-state index is 13.9. The van der Waals surface area contributed by atoms with Gasteiger partial charge in [-0.2, -0.15) is 0 Å². The molecule has 1 spiro atoms. The molecule has 34 heavy (non-hydrogen) atoms. The van der Waals surface area contributed by atoms with Gasteiger partial charge in [0.15, 0.2) is 0 Å². The van der Waals surface area contributed by atoms with E-state index in [-0.39, 0.29) is 30.6 Å². The summed E-state index contributed by atoms with van der Waals surface area (Å²) < 4.78 is 12.3. The van der Waals surface area contributed by atoms with Crippen LogP contribution >= 0.6 is 0 Å². The minimum absolute atomic E-state index is 0.0304. The summed E-state index contributed by atoms with van der Waals surface area (Å²) >= 11 is 0. The zero-order valence-corrected chi connectivity index (χ0v) is 20.5. The summed E-state index contributed by atoms with van der Waals surface area (Å²) in [6.07, 6.45) is 11.4. The predicted molar refractivity (Wildman–Crippen MR) is 126 cm³/mol. The standard InChI is InChI=1S/C26H38N2O6/c1-17(2)27-15-10-13-26-21(20-19(34-26)12-7-6-11-18(3)33-25(20)32)23(30)28(22(26)24(27)31)14-8-4-5-9-16-29/h7,10,12-13,17-22,29H,4-6,8-9,11,14-16H2,1-3H3/b12-7-/t18?,19-,20?,21+,22-,26?/m1/s1. The Morgan fingerprint density at radius 2 is 1.88 bits per heavy atom. The quantitative estimate of drug-likeness (QED) is 0.345. The van der Waals surface area contributed by atoms with Gasteiger partial charge in [-0.1, -0.05) is 37.1 Å². The molecule has 0 aliphatic carbocycles. The molecule has 0 aromatic carbocycles. The van der Waals surface area contributed by atoms with Crippen molar-refractivity contribution in [3.05, 3.63) is 24.3 Å². The lowest BCUT2D eigenvalue weighted by Crippen LogP contribution is -2.56. The maximum Gasteiger partial charge on any atom is 0.313 e. The Morgan fingerprint density at radius 3 is 2.62 bits per heavy atom. The van der Waals surface area contributed by atoms with Crippen molar-refractivity contribution >= 4 is 17.8 Å². The van der Waals surface area contributed by atoms with Crippen LogP contribution in [0.1, 0.15) is 59.3 Å². The lowest BCUT2D eigenvalue weighted by Gasteiger charge is -2.36. The number of rotatable bonds is 7. The number of amides is 2. The molecule has 0 radical (unpaired) electrons. The van der Waals surface area contributed by atoms with E-state index in [0.717, 1.165) is 38.5 Å². The van der Waals surface area contributed by atoms with Crippen LogP contribution in [0.5, 0.6) is 0 Å². The summed E-state index contributed by atoms with van der Waals surface area (Å²) in [5, 5.41) is 9.06. The van der Waals surface area contributed by atoms with E-state index in [1.165, 1.54) is 0 Å². The first kappa shape index (κ1) is 24.9. The van der Waals surface area contributed by atoms with E-state index in [0.29, 0.717) is 13.1 Å². The number of aliphatic hydroxyl groups excluding tert-OH is 1. The number of nitrogens with zero attached hydrogens (tertiary/aromatic N) is 2. The number of likely N-dealkylation sites (tertiary alicyclic amines) is 1. The SMILES string of the molecule is CC1CC/C=C\[C@H]2OC34C=CCN(C(C)C)C(=O)[C@H]3N(CCCCCCO)C(=O)[C@@H]4C2C(=O)O1. The van der Waals surface area contributed by atoms with E-state index in [2.05, 4.69) is 0 Å². The third kappa shape index (κ3) is 4.31. The van der Waals surface area contributed by atoms with E-state index in [9.17, 15) is 14.4 Å². The monoisotopic (exact) mass is 474 g/mol. The van der Waals surface area contributed by atoms with E-state index < -0.39 is 35.6 Å². The molecule has 0 bridgehead atoms. The van der Waals surface area contributed by atoms with Gasteiger partial charge in [0.2, 0.25) is 11.8 Å². The second-order valence-corrected chi connectivity index (χ2v) is 10.3. The molecule has 0 aromatic heterocycles. The Kier molecular flexibility index (Phi) is 7.48. The van der Waals surface area contributed by atoms with Gasteiger partial charge < -0.3 is 24.4 Å². The second kappa shape index (κ2) is 10.2. The highest BCUT2D eigenvalue weighted by molar-refractivity contribution is 5.99. The first-order valence-corrected chi connectivity index (χ1v) is 12.8. The molecule has 2 fully saturated rings. The van der Waals surface area contributed by atoms with Gasteiger partial charge in [0, 0.05) is 25.7 Å². The van der Waals surface area contributed by atoms with Crippen LogP contribution in [0, 0.1) is 11.8 Å². The van der Waals surface area contributed by atoms with Crippen LogP contribution in [0.3, 0.4) is 0 Å². The summed E-state index contributed by atoms with van der Waals surface area (Å²) in [5.74, 6) is -2.35. The average molecular weight is 475 g/mol. The van der Waals surface area contributed by atoms with E-state index in [1.807, 2.05) is 45.1 Å². The van der Waals surface area contributed by atoms with Crippen LogP contribution in [-0.4, -0.2) is 82.3 Å². The summed E-state index contributed by atoms with van der Waals surface area (Å²) in [4.78, 5) is 44.5. The van der Waals surface area contributed by atoms with Crippen LogP contribution in [0.25, 0.3) is 0 Å². The van der Waals surface area contributed by atoms with Crippen molar-refractivity contribution in [3.8, 4) is 0 Å². The molecule has 4 aliphatic heterocycles. The number of fused-ring (bicyclic) bond motifs is 2. The molecule has 8 nitrogen and oxygen atoms in total. The lowest BCUT2D eigenvalue weighted by molar-refractivity contribution is -0.158. The Labute approximate surface area is 201 Å². The first-order valence-electron chi connectivity index (χ1n) is 12.8. The van der Waals surface area contributed by atoms with Gasteiger partial charge in [-0.05, 0) is 46.5 Å². The molecule has 4 heterocycles. The fourth-order valence-corrected chi connectivity index (χ4v) is 5.92. The summed E-state index contributed by atoms with van der Waals surface area (Å²) in [7, 11) is 0. The summed E-state index contributed by atoms with van der Waals surface area (Å²) in [5.41, 5.74) is -1.19. The molecule has 4 rings (SSSR count). The number of ether oxygens (including phenoxy) is 2. The second-order valence-electron chi connectivity index (χ2n) is 10.3. The smallest absolute Gasteiger partial charge is 0.313 e. The normalized spacial score (nSPS) is 36.4. The van der Waals surface area contributed by atoms with Crippen molar-refractivity contribution in [2.24, 2.45) is 11.8 Å². The van der Waals surface area contributed by atoms with E-state index >= 15 is 0 Å². The van der Waals surface area contributed by atoms with Gasteiger partial charge in [-0.3, -0.25) is 14.4 Å². The Balaban J connectivity index is 1.72. The predicted octanol–water partition coefficient (Wildman–Crippen LogP) is 2.21. The van der Waals surface area contributed by atoms with Crippen molar-refractivity contribution in [3.63, 3.8) is 0 Å². The highest BCUT2D eigenvalue weighted by Gasteiger charge is 2.71. The number of carbonyl (C=O) groups excluding carboxylic acids is 3. The fourth-order valence-electron chi connectivity index (χ4n) is 5.92. The van der Waals surface area contributed by atoms with Crippen molar-refractivity contribution < 1.29 is 29.0 Å². The van der Waals surface area contributed by atoms with Crippen LogP contribution < -0.4 is 0 Å². The van der Waals surface area contributed by atoms with Crippen LogP contribution in [-0.2, 0) is 23.9 Å². The number of hydrogen-bond acceptors (Lipinski definition) is 6.